The molecule has 0 aliphatic heterocycles. The Morgan fingerprint density at radius 1 is 1.47 bits per heavy atom. The zero-order chi connectivity index (χ0) is 11.6. The second-order valence-corrected chi connectivity index (χ2v) is 3.93. The minimum Gasteiger partial charge on any atom is -0.508 e. The lowest BCUT2D eigenvalue weighted by atomic mass is 9.86. The number of hydrogen-bond donors (Lipinski definition) is 2. The van der Waals surface area contributed by atoms with Crippen molar-refractivity contribution in [1.82, 2.24) is 0 Å². The Balaban J connectivity index is 3.16. The van der Waals surface area contributed by atoms with Gasteiger partial charge in [-0.2, -0.15) is 0 Å². The van der Waals surface area contributed by atoms with Crippen LogP contribution in [0.1, 0.15) is 25.3 Å². The summed E-state index contributed by atoms with van der Waals surface area (Å²) in [6.07, 6.45) is 0. The Morgan fingerprint density at radius 2 is 2.07 bits per heavy atom. The monoisotopic (exact) mass is 212 g/mol. The van der Waals surface area contributed by atoms with Crippen LogP contribution in [0.2, 0.25) is 0 Å². The summed E-state index contributed by atoms with van der Waals surface area (Å²) in [5, 5.41) is 18.1. The smallest absolute Gasteiger partial charge is 0.314 e. The van der Waals surface area contributed by atoms with E-state index in [1.807, 2.05) is 0 Å². The van der Waals surface area contributed by atoms with E-state index in [0.717, 1.165) is 0 Å². The van der Waals surface area contributed by atoms with Crippen LogP contribution in [0.15, 0.2) is 24.3 Å². The molecular formula is C11H13FO3. The highest BCUT2D eigenvalue weighted by Gasteiger charge is 2.36. The van der Waals surface area contributed by atoms with Gasteiger partial charge in [0.2, 0.25) is 0 Å². The van der Waals surface area contributed by atoms with Crippen LogP contribution in [-0.4, -0.2) is 21.9 Å². The molecule has 1 aromatic carbocycles. The molecule has 0 aliphatic rings. The van der Waals surface area contributed by atoms with E-state index in [1.165, 1.54) is 38.1 Å². The second kappa shape index (κ2) is 3.88. The standard InChI is InChI=1S/C11H13FO3/c1-11(2,12)9(10(14)15)7-4-3-5-8(13)6-7/h3-6,9,13H,1-2H3,(H,14,15). The number of alkyl halides is 1. The molecule has 0 radical (unpaired) electrons. The van der Waals surface area contributed by atoms with E-state index in [4.69, 9.17) is 5.11 Å². The quantitative estimate of drug-likeness (QED) is 0.808. The van der Waals surface area contributed by atoms with E-state index in [-0.39, 0.29) is 11.3 Å². The van der Waals surface area contributed by atoms with Crippen LogP contribution in [0.4, 0.5) is 4.39 Å². The van der Waals surface area contributed by atoms with Gasteiger partial charge in [0.25, 0.3) is 0 Å². The summed E-state index contributed by atoms with van der Waals surface area (Å²) in [4.78, 5) is 10.9. The number of carboxylic acids is 1. The maximum Gasteiger partial charge on any atom is 0.314 e. The molecule has 1 atom stereocenters. The van der Waals surface area contributed by atoms with E-state index in [2.05, 4.69) is 0 Å². The Morgan fingerprint density at radius 3 is 2.47 bits per heavy atom. The number of rotatable bonds is 3. The Hall–Kier alpha value is -1.58. The number of carbonyl (C=O) groups is 1. The summed E-state index contributed by atoms with van der Waals surface area (Å²) >= 11 is 0. The van der Waals surface area contributed by atoms with Crippen LogP contribution < -0.4 is 0 Å². The first-order valence-electron chi connectivity index (χ1n) is 4.53. The van der Waals surface area contributed by atoms with Crippen molar-refractivity contribution < 1.29 is 19.4 Å². The van der Waals surface area contributed by atoms with Crippen molar-refractivity contribution in [3.8, 4) is 5.75 Å². The van der Waals surface area contributed by atoms with Crippen molar-refractivity contribution in [2.45, 2.75) is 25.4 Å². The second-order valence-electron chi connectivity index (χ2n) is 3.93. The van der Waals surface area contributed by atoms with Crippen molar-refractivity contribution in [2.75, 3.05) is 0 Å². The highest BCUT2D eigenvalue weighted by molar-refractivity contribution is 5.77. The molecular weight excluding hydrogens is 199 g/mol. The van der Waals surface area contributed by atoms with E-state index in [0.29, 0.717) is 0 Å². The highest BCUT2D eigenvalue weighted by atomic mass is 19.1. The van der Waals surface area contributed by atoms with Crippen LogP contribution in [0.25, 0.3) is 0 Å². The minimum atomic E-state index is -1.88. The van der Waals surface area contributed by atoms with Crippen LogP contribution in [0.3, 0.4) is 0 Å². The van der Waals surface area contributed by atoms with Crippen molar-refractivity contribution in [3.05, 3.63) is 29.8 Å². The van der Waals surface area contributed by atoms with Crippen molar-refractivity contribution in [3.63, 3.8) is 0 Å². The molecule has 0 amide bonds. The molecule has 3 nitrogen and oxygen atoms in total. The van der Waals surface area contributed by atoms with Crippen LogP contribution in [-0.2, 0) is 4.79 Å². The topological polar surface area (TPSA) is 57.5 Å². The van der Waals surface area contributed by atoms with E-state index < -0.39 is 17.6 Å². The zero-order valence-electron chi connectivity index (χ0n) is 8.57. The Kier molecular flexibility index (Phi) is 2.98. The molecule has 0 saturated carbocycles. The summed E-state index contributed by atoms with van der Waals surface area (Å²) in [6, 6.07) is 5.65. The molecule has 0 spiro atoms. The largest absolute Gasteiger partial charge is 0.508 e. The minimum absolute atomic E-state index is 0.0667. The molecule has 0 fully saturated rings. The van der Waals surface area contributed by atoms with Gasteiger partial charge in [0, 0.05) is 0 Å². The van der Waals surface area contributed by atoms with Crippen molar-refractivity contribution in [1.29, 1.82) is 0 Å². The van der Waals surface area contributed by atoms with Gasteiger partial charge in [0.1, 0.15) is 17.3 Å². The Labute approximate surface area is 87.2 Å². The average molecular weight is 212 g/mol. The lowest BCUT2D eigenvalue weighted by Gasteiger charge is -2.23. The van der Waals surface area contributed by atoms with Crippen LogP contribution in [0.5, 0.6) is 5.75 Å². The molecule has 1 unspecified atom stereocenters. The molecule has 0 aliphatic carbocycles. The molecule has 1 aromatic rings. The van der Waals surface area contributed by atoms with Gasteiger partial charge in [-0.15, -0.1) is 0 Å². The molecule has 82 valence electrons. The number of benzene rings is 1. The number of phenolic OH excluding ortho intramolecular Hbond substituents is 1. The predicted molar refractivity (Wildman–Crippen MR) is 53.7 cm³/mol. The van der Waals surface area contributed by atoms with Gasteiger partial charge in [-0.3, -0.25) is 4.79 Å². The zero-order valence-corrected chi connectivity index (χ0v) is 8.57. The van der Waals surface area contributed by atoms with Gasteiger partial charge in [-0.25, -0.2) is 4.39 Å². The first-order chi connectivity index (χ1) is 6.82. The van der Waals surface area contributed by atoms with Crippen LogP contribution in [0, 0.1) is 0 Å². The summed E-state index contributed by atoms with van der Waals surface area (Å²) in [5.41, 5.74) is -1.62. The fraction of sp³-hybridized carbons (Fsp3) is 0.364. The fourth-order valence-electron chi connectivity index (χ4n) is 1.54. The third-order valence-electron chi connectivity index (χ3n) is 2.14. The summed E-state index contributed by atoms with van der Waals surface area (Å²) < 4.78 is 13.7. The van der Waals surface area contributed by atoms with Gasteiger partial charge in [-0.05, 0) is 31.5 Å². The highest BCUT2D eigenvalue weighted by Crippen LogP contribution is 2.32. The number of aliphatic carboxylic acids is 1. The number of carboxylic acid groups (broad SMARTS) is 1. The molecule has 0 aromatic heterocycles. The summed E-state index contributed by atoms with van der Waals surface area (Å²) in [7, 11) is 0. The number of aromatic hydroxyl groups is 1. The summed E-state index contributed by atoms with van der Waals surface area (Å²) in [5.74, 6) is -2.58. The fourth-order valence-corrected chi connectivity index (χ4v) is 1.54. The van der Waals surface area contributed by atoms with Crippen molar-refractivity contribution >= 4 is 5.97 Å². The van der Waals surface area contributed by atoms with E-state index >= 15 is 0 Å². The maximum atomic E-state index is 13.7. The predicted octanol–water partition coefficient (Wildman–Crippen LogP) is 2.31. The SMILES string of the molecule is CC(C)(F)C(C(=O)O)c1cccc(O)c1. The number of halogens is 1. The molecule has 0 saturated heterocycles. The van der Waals surface area contributed by atoms with Gasteiger partial charge in [-0.1, -0.05) is 12.1 Å². The molecule has 15 heavy (non-hydrogen) atoms. The Bertz CT molecular complexity index is 368. The van der Waals surface area contributed by atoms with E-state index in [1.54, 1.807) is 0 Å². The van der Waals surface area contributed by atoms with Gasteiger partial charge >= 0.3 is 5.97 Å². The first-order valence-corrected chi connectivity index (χ1v) is 4.53. The normalized spacial score (nSPS) is 13.5. The lowest BCUT2D eigenvalue weighted by Crippen LogP contribution is -2.30. The molecule has 1 rings (SSSR count). The maximum absolute atomic E-state index is 13.7. The van der Waals surface area contributed by atoms with Crippen molar-refractivity contribution in [2.24, 2.45) is 0 Å². The number of hydrogen-bond acceptors (Lipinski definition) is 2. The summed E-state index contributed by atoms with van der Waals surface area (Å²) in [6.45, 7) is 2.41. The lowest BCUT2D eigenvalue weighted by molar-refractivity contribution is -0.142. The first kappa shape index (κ1) is 11.5. The van der Waals surface area contributed by atoms with Gasteiger partial charge in [0.05, 0.1) is 0 Å². The molecule has 4 heteroatoms. The van der Waals surface area contributed by atoms with Gasteiger partial charge < -0.3 is 10.2 Å². The third-order valence-corrected chi connectivity index (χ3v) is 2.14. The molecule has 0 heterocycles. The van der Waals surface area contributed by atoms with Crippen LogP contribution >= 0.6 is 0 Å². The molecule has 2 N–H and O–H groups in total. The average Bonchev–Trinajstić information content (AvgIpc) is 1.99. The number of phenols is 1. The molecule has 0 bridgehead atoms. The van der Waals surface area contributed by atoms with E-state index in [9.17, 15) is 14.3 Å². The van der Waals surface area contributed by atoms with Gasteiger partial charge in [0.15, 0.2) is 0 Å². The third kappa shape index (κ3) is 2.68.